The smallest absolute Gasteiger partial charge is 0.178 e. The van der Waals surface area contributed by atoms with Crippen LogP contribution in [0, 0.1) is 0 Å². The number of nitrogens with zero attached hydrogens (tertiary/aromatic N) is 3. The summed E-state index contributed by atoms with van der Waals surface area (Å²) >= 11 is 1.58. The van der Waals surface area contributed by atoms with Gasteiger partial charge in [0.05, 0.1) is 18.7 Å². The lowest BCUT2D eigenvalue weighted by Crippen LogP contribution is -2.03. The Morgan fingerprint density at radius 1 is 1.04 bits per heavy atom. The van der Waals surface area contributed by atoms with Crippen molar-refractivity contribution in [3.05, 3.63) is 65.9 Å². The SMILES string of the molecule is OCCSc1nc2ncccc2n1Cc1ccc(C2CC2)c2ccccc12. The number of hydrogen-bond acceptors (Lipinski definition) is 4. The average molecular weight is 375 g/mol. The number of imidazole rings is 1. The molecule has 0 radical (unpaired) electrons. The first-order valence-corrected chi connectivity index (χ1v) is 10.4. The highest BCUT2D eigenvalue weighted by molar-refractivity contribution is 7.99. The minimum absolute atomic E-state index is 0.139. The standard InChI is InChI=1S/C22H21N3OS/c26-12-13-27-22-24-21-20(6-3-11-23-21)25(22)14-16-9-10-18(15-7-8-15)19-5-2-1-4-17(16)19/h1-6,9-11,15,26H,7-8,12-14H2. The maximum Gasteiger partial charge on any atom is 0.178 e. The van der Waals surface area contributed by atoms with Crippen molar-refractivity contribution in [3.63, 3.8) is 0 Å². The second-order valence-electron chi connectivity index (χ2n) is 7.03. The van der Waals surface area contributed by atoms with Gasteiger partial charge in [0.1, 0.15) is 0 Å². The molecule has 0 unspecified atom stereocenters. The number of rotatable bonds is 6. The quantitative estimate of drug-likeness (QED) is 0.501. The van der Waals surface area contributed by atoms with Gasteiger partial charge in [-0.1, -0.05) is 48.2 Å². The summed E-state index contributed by atoms with van der Waals surface area (Å²) in [5.74, 6) is 1.36. The van der Waals surface area contributed by atoms with Crippen molar-refractivity contribution < 1.29 is 5.11 Å². The lowest BCUT2D eigenvalue weighted by atomic mass is 9.97. The topological polar surface area (TPSA) is 50.9 Å². The minimum atomic E-state index is 0.139. The van der Waals surface area contributed by atoms with Crippen LogP contribution in [0.4, 0.5) is 0 Å². The van der Waals surface area contributed by atoms with Crippen molar-refractivity contribution in [1.82, 2.24) is 14.5 Å². The monoisotopic (exact) mass is 375 g/mol. The predicted octanol–water partition coefficient (Wildman–Crippen LogP) is 4.59. The molecule has 0 aliphatic heterocycles. The zero-order valence-electron chi connectivity index (χ0n) is 15.0. The number of fused-ring (bicyclic) bond motifs is 2. The van der Waals surface area contributed by atoms with Gasteiger partial charge in [-0.3, -0.25) is 0 Å². The zero-order chi connectivity index (χ0) is 18.2. The van der Waals surface area contributed by atoms with E-state index in [0.29, 0.717) is 5.75 Å². The van der Waals surface area contributed by atoms with Crippen molar-refractivity contribution in [2.75, 3.05) is 12.4 Å². The van der Waals surface area contributed by atoms with E-state index in [2.05, 4.69) is 57.0 Å². The van der Waals surface area contributed by atoms with Crippen LogP contribution >= 0.6 is 11.8 Å². The van der Waals surface area contributed by atoms with Crippen LogP contribution in [0.25, 0.3) is 21.9 Å². The van der Waals surface area contributed by atoms with E-state index in [4.69, 9.17) is 0 Å². The van der Waals surface area contributed by atoms with E-state index in [-0.39, 0.29) is 6.61 Å². The van der Waals surface area contributed by atoms with Gasteiger partial charge in [-0.15, -0.1) is 0 Å². The molecule has 1 N–H and O–H groups in total. The molecule has 2 heterocycles. The maximum absolute atomic E-state index is 9.24. The Hall–Kier alpha value is -2.37. The van der Waals surface area contributed by atoms with Crippen LogP contribution in [0.2, 0.25) is 0 Å². The summed E-state index contributed by atoms with van der Waals surface area (Å²) < 4.78 is 2.22. The van der Waals surface area contributed by atoms with Gasteiger partial charge in [0.15, 0.2) is 10.8 Å². The molecule has 1 fully saturated rings. The third kappa shape index (κ3) is 3.11. The van der Waals surface area contributed by atoms with Crippen molar-refractivity contribution >= 4 is 33.7 Å². The van der Waals surface area contributed by atoms with Crippen LogP contribution in [0.15, 0.2) is 59.9 Å². The molecule has 4 aromatic rings. The summed E-state index contributed by atoms with van der Waals surface area (Å²) in [5, 5.41) is 12.9. The zero-order valence-corrected chi connectivity index (χ0v) is 15.8. The van der Waals surface area contributed by atoms with Gasteiger partial charge in [0.25, 0.3) is 0 Å². The first kappa shape index (κ1) is 16.8. The van der Waals surface area contributed by atoms with Crippen molar-refractivity contribution in [2.45, 2.75) is 30.5 Å². The van der Waals surface area contributed by atoms with Gasteiger partial charge in [-0.25, -0.2) is 9.97 Å². The van der Waals surface area contributed by atoms with E-state index in [9.17, 15) is 5.11 Å². The molecular weight excluding hydrogens is 354 g/mol. The molecule has 136 valence electrons. The molecule has 1 saturated carbocycles. The highest BCUT2D eigenvalue weighted by Gasteiger charge is 2.25. The third-order valence-electron chi connectivity index (χ3n) is 5.21. The molecule has 2 aromatic heterocycles. The molecule has 4 nitrogen and oxygen atoms in total. The number of aliphatic hydroxyl groups excluding tert-OH is 1. The molecule has 0 amide bonds. The van der Waals surface area contributed by atoms with Crippen LogP contribution in [0.5, 0.6) is 0 Å². The summed E-state index contributed by atoms with van der Waals surface area (Å²) in [7, 11) is 0. The molecule has 2 aromatic carbocycles. The Morgan fingerprint density at radius 3 is 2.70 bits per heavy atom. The van der Waals surface area contributed by atoms with Gasteiger partial charge < -0.3 is 9.67 Å². The normalized spacial score (nSPS) is 14.3. The van der Waals surface area contributed by atoms with Gasteiger partial charge in [-0.05, 0) is 52.8 Å². The van der Waals surface area contributed by atoms with Gasteiger partial charge >= 0.3 is 0 Å². The predicted molar refractivity (Wildman–Crippen MR) is 110 cm³/mol. The lowest BCUT2D eigenvalue weighted by molar-refractivity contribution is 0.322. The molecule has 1 aliphatic carbocycles. The van der Waals surface area contributed by atoms with E-state index in [1.54, 1.807) is 18.0 Å². The Bertz CT molecular complexity index is 1120. The average Bonchev–Trinajstić information content (AvgIpc) is 3.49. The van der Waals surface area contributed by atoms with Crippen molar-refractivity contribution in [3.8, 4) is 0 Å². The first-order valence-electron chi connectivity index (χ1n) is 9.40. The molecule has 0 atom stereocenters. The summed E-state index contributed by atoms with van der Waals surface area (Å²) in [6.45, 7) is 0.891. The molecule has 5 rings (SSSR count). The van der Waals surface area contributed by atoms with Crippen LogP contribution < -0.4 is 0 Å². The number of aromatic nitrogens is 3. The van der Waals surface area contributed by atoms with Gasteiger partial charge in [0.2, 0.25) is 0 Å². The number of hydrogen-bond donors (Lipinski definition) is 1. The molecule has 0 bridgehead atoms. The molecule has 1 aliphatic rings. The highest BCUT2D eigenvalue weighted by Crippen LogP contribution is 2.43. The second-order valence-corrected chi connectivity index (χ2v) is 8.09. The summed E-state index contributed by atoms with van der Waals surface area (Å²) in [6.07, 6.45) is 4.40. The van der Waals surface area contributed by atoms with E-state index >= 15 is 0 Å². The fourth-order valence-electron chi connectivity index (χ4n) is 3.78. The van der Waals surface area contributed by atoms with Crippen LogP contribution in [-0.4, -0.2) is 32.0 Å². The highest BCUT2D eigenvalue weighted by atomic mass is 32.2. The number of aliphatic hydroxyl groups is 1. The Balaban J connectivity index is 1.62. The number of benzene rings is 2. The Labute approximate surface area is 162 Å². The Morgan fingerprint density at radius 2 is 1.89 bits per heavy atom. The minimum Gasteiger partial charge on any atom is -0.396 e. The van der Waals surface area contributed by atoms with Gasteiger partial charge in [-0.2, -0.15) is 0 Å². The molecule has 0 saturated heterocycles. The molecule has 5 heteroatoms. The van der Waals surface area contributed by atoms with E-state index in [0.717, 1.165) is 28.8 Å². The van der Waals surface area contributed by atoms with Crippen LogP contribution in [0.1, 0.15) is 29.9 Å². The van der Waals surface area contributed by atoms with Crippen LogP contribution in [0.3, 0.4) is 0 Å². The largest absolute Gasteiger partial charge is 0.396 e. The van der Waals surface area contributed by atoms with Crippen molar-refractivity contribution in [2.24, 2.45) is 0 Å². The lowest BCUT2D eigenvalue weighted by Gasteiger charge is -2.13. The van der Waals surface area contributed by atoms with Gasteiger partial charge in [0, 0.05) is 11.9 Å². The summed E-state index contributed by atoms with van der Waals surface area (Å²) in [6, 6.07) is 17.4. The molecule has 27 heavy (non-hydrogen) atoms. The van der Waals surface area contributed by atoms with E-state index in [1.165, 1.54) is 34.7 Å². The number of pyridine rings is 1. The summed E-state index contributed by atoms with van der Waals surface area (Å²) in [4.78, 5) is 9.10. The first-order chi connectivity index (χ1) is 13.3. The van der Waals surface area contributed by atoms with E-state index in [1.807, 2.05) is 6.07 Å². The Kier molecular flexibility index (Phi) is 4.34. The third-order valence-corrected chi connectivity index (χ3v) is 6.16. The van der Waals surface area contributed by atoms with Crippen molar-refractivity contribution in [1.29, 1.82) is 0 Å². The summed E-state index contributed by atoms with van der Waals surface area (Å²) in [5.41, 5.74) is 4.58. The second kappa shape index (κ2) is 6.98. The fraction of sp³-hybridized carbons (Fsp3) is 0.273. The molecule has 0 spiro atoms. The molecular formula is C22H21N3OS. The van der Waals surface area contributed by atoms with Crippen LogP contribution in [-0.2, 0) is 6.54 Å². The maximum atomic E-state index is 9.24. The number of thioether (sulfide) groups is 1. The fourth-order valence-corrected chi connectivity index (χ4v) is 4.53. The van der Waals surface area contributed by atoms with E-state index < -0.39 is 0 Å².